The van der Waals surface area contributed by atoms with Gasteiger partial charge in [-0.25, -0.2) is 13.6 Å². The third-order valence-electron chi connectivity index (χ3n) is 6.72. The highest BCUT2D eigenvalue weighted by Gasteiger charge is 2.25. The lowest BCUT2D eigenvalue weighted by Crippen LogP contribution is -2.50. The molecule has 3 aromatic carbocycles. The molecule has 12 heteroatoms. The fraction of sp³-hybridized carbons (Fsp3) is 0.265. The van der Waals surface area contributed by atoms with E-state index < -0.39 is 34.7 Å². The van der Waals surface area contributed by atoms with E-state index in [1.54, 1.807) is 71.9 Å². The number of H-pyrrole nitrogens is 1. The molecule has 4 aromatic rings. The highest BCUT2D eigenvalue weighted by atomic mass is 19.1. The van der Waals surface area contributed by atoms with Crippen LogP contribution in [0.15, 0.2) is 72.1 Å². The summed E-state index contributed by atoms with van der Waals surface area (Å²) in [7, 11) is 0. The Kier molecular flexibility index (Phi) is 9.69. The zero-order valence-corrected chi connectivity index (χ0v) is 26.5. The van der Waals surface area contributed by atoms with E-state index in [4.69, 9.17) is 20.6 Å². The Morgan fingerprint density at radius 1 is 0.978 bits per heavy atom. The van der Waals surface area contributed by atoms with Crippen molar-refractivity contribution < 1.29 is 27.8 Å². The predicted molar refractivity (Wildman–Crippen MR) is 176 cm³/mol. The van der Waals surface area contributed by atoms with Gasteiger partial charge in [-0.1, -0.05) is 12.1 Å². The summed E-state index contributed by atoms with van der Waals surface area (Å²) < 4.78 is 39.9. The van der Waals surface area contributed by atoms with Crippen molar-refractivity contribution in [1.82, 2.24) is 10.3 Å². The number of para-hydroxylation sites is 1. The van der Waals surface area contributed by atoms with Crippen LogP contribution >= 0.6 is 0 Å². The van der Waals surface area contributed by atoms with Crippen LogP contribution in [0.25, 0.3) is 10.9 Å². The number of Topliss-reactive ketones (excluding diaryl/α,β-unsaturated/α-hetero) is 1. The summed E-state index contributed by atoms with van der Waals surface area (Å²) in [5, 5.41) is 17.0. The average molecular weight is 633 g/mol. The van der Waals surface area contributed by atoms with Crippen molar-refractivity contribution in [3.05, 3.63) is 94.9 Å². The molecule has 1 amide bonds. The molecule has 0 fully saturated rings. The Balaban J connectivity index is 1.48. The molecule has 10 nitrogen and oxygen atoms in total. The monoisotopic (exact) mass is 632 g/mol. The summed E-state index contributed by atoms with van der Waals surface area (Å²) in [6, 6.07) is 15.3. The maximum atomic E-state index is 15.0. The number of anilines is 2. The van der Waals surface area contributed by atoms with Crippen LogP contribution in [-0.2, 0) is 4.74 Å². The molecule has 0 atom stereocenters. The largest absolute Gasteiger partial charge is 0.454 e. The van der Waals surface area contributed by atoms with Crippen molar-refractivity contribution in [2.45, 2.75) is 52.7 Å². The number of nitrogens with one attached hydrogen (secondary N) is 5. The molecule has 0 radical (unpaired) electrons. The van der Waals surface area contributed by atoms with Crippen LogP contribution < -0.4 is 26.4 Å². The summed E-state index contributed by atoms with van der Waals surface area (Å²) in [5.41, 5.74) is 6.65. The number of hydrogen-bond acceptors (Lipinski definition) is 8. The number of ether oxygens (including phenoxy) is 2. The first-order valence-corrected chi connectivity index (χ1v) is 14.5. The molecule has 0 aliphatic carbocycles. The first-order chi connectivity index (χ1) is 21.5. The number of aryl methyl sites for hydroxylation is 1. The number of benzene rings is 3. The molecule has 4 rings (SSSR count). The second kappa shape index (κ2) is 13.3. The van der Waals surface area contributed by atoms with Gasteiger partial charge < -0.3 is 41.6 Å². The van der Waals surface area contributed by atoms with E-state index >= 15 is 4.39 Å². The number of hydrogen-bond donors (Lipinski definition) is 6. The van der Waals surface area contributed by atoms with Crippen LogP contribution in [0.1, 0.15) is 50.7 Å². The summed E-state index contributed by atoms with van der Waals surface area (Å²) in [6.45, 7) is 10.8. The molecule has 7 N–H and O–H groups in total. The van der Waals surface area contributed by atoms with E-state index in [2.05, 4.69) is 20.9 Å². The van der Waals surface area contributed by atoms with Gasteiger partial charge in [-0.2, -0.15) is 0 Å². The molecule has 0 unspecified atom stereocenters. The number of aromatic nitrogens is 1. The number of fused-ring (bicyclic) bond motifs is 1. The molecule has 0 bridgehead atoms. The van der Waals surface area contributed by atoms with Gasteiger partial charge in [0.15, 0.2) is 11.6 Å². The minimum atomic E-state index is -0.777. The summed E-state index contributed by atoms with van der Waals surface area (Å²) in [4.78, 5) is 28.6. The first-order valence-electron chi connectivity index (χ1n) is 14.5. The Morgan fingerprint density at radius 3 is 2.35 bits per heavy atom. The van der Waals surface area contributed by atoms with Gasteiger partial charge in [0, 0.05) is 29.3 Å². The quantitative estimate of drug-likeness (QED) is 0.0573. The lowest BCUT2D eigenvalue weighted by molar-refractivity contribution is 0.0477. The van der Waals surface area contributed by atoms with Crippen LogP contribution in [-0.4, -0.2) is 40.8 Å². The van der Waals surface area contributed by atoms with E-state index in [9.17, 15) is 14.0 Å². The van der Waals surface area contributed by atoms with Crippen molar-refractivity contribution in [3.8, 4) is 11.5 Å². The van der Waals surface area contributed by atoms with Gasteiger partial charge in [0.05, 0.1) is 22.5 Å². The van der Waals surface area contributed by atoms with Crippen molar-refractivity contribution in [3.63, 3.8) is 0 Å². The van der Waals surface area contributed by atoms with E-state index in [1.807, 2.05) is 0 Å². The average Bonchev–Trinajstić information content (AvgIpc) is 3.36. The second-order valence-corrected chi connectivity index (χ2v) is 12.4. The van der Waals surface area contributed by atoms with Crippen LogP contribution in [0.3, 0.4) is 0 Å². The third-order valence-corrected chi connectivity index (χ3v) is 6.72. The first kappa shape index (κ1) is 33.5. The summed E-state index contributed by atoms with van der Waals surface area (Å²) in [5.74, 6) is -1.21. The highest BCUT2D eigenvalue weighted by Crippen LogP contribution is 2.29. The number of nitrogens with two attached hydrogens (primary N) is 1. The van der Waals surface area contributed by atoms with Crippen molar-refractivity contribution in [1.29, 1.82) is 5.41 Å². The van der Waals surface area contributed by atoms with Crippen LogP contribution in [0.4, 0.5) is 25.0 Å². The van der Waals surface area contributed by atoms with Crippen molar-refractivity contribution >= 4 is 40.4 Å². The molecule has 0 aliphatic heterocycles. The number of carbonyl (C=O) groups is 2. The molecular formula is C34H38F2N6O4. The van der Waals surface area contributed by atoms with Crippen molar-refractivity contribution in [2.75, 3.05) is 17.2 Å². The second-order valence-electron chi connectivity index (χ2n) is 12.4. The molecule has 1 aromatic heterocycles. The number of ketones is 1. The van der Waals surface area contributed by atoms with E-state index in [0.29, 0.717) is 27.9 Å². The van der Waals surface area contributed by atoms with E-state index in [1.165, 1.54) is 30.3 Å². The van der Waals surface area contributed by atoms with Crippen molar-refractivity contribution in [2.24, 2.45) is 5.73 Å². The van der Waals surface area contributed by atoms with E-state index in [-0.39, 0.29) is 35.1 Å². The Labute approximate surface area is 265 Å². The number of rotatable bonds is 11. The molecule has 242 valence electrons. The Bertz CT molecular complexity index is 1820. The number of amides is 1. The van der Waals surface area contributed by atoms with Gasteiger partial charge in [0.25, 0.3) is 0 Å². The van der Waals surface area contributed by atoms with Crippen LogP contribution in [0, 0.1) is 24.0 Å². The minimum absolute atomic E-state index is 0.0715. The van der Waals surface area contributed by atoms with Gasteiger partial charge in [-0.3, -0.25) is 4.79 Å². The number of aromatic amines is 1. The number of alkyl carbamates (subject to hydrolysis) is 1. The van der Waals surface area contributed by atoms with Crippen LogP contribution in [0.5, 0.6) is 11.5 Å². The predicted octanol–water partition coefficient (Wildman–Crippen LogP) is 7.38. The van der Waals surface area contributed by atoms with Gasteiger partial charge in [-0.15, -0.1) is 0 Å². The molecule has 46 heavy (non-hydrogen) atoms. The van der Waals surface area contributed by atoms with Gasteiger partial charge in [-0.05, 0) is 95.6 Å². The molecular weight excluding hydrogens is 594 g/mol. The summed E-state index contributed by atoms with van der Waals surface area (Å²) in [6.07, 6.45) is 0.251. The Hall–Kier alpha value is -5.39. The minimum Gasteiger partial charge on any atom is -0.454 e. The molecule has 0 saturated heterocycles. The molecule has 0 spiro atoms. The zero-order valence-electron chi connectivity index (χ0n) is 26.5. The lowest BCUT2D eigenvalue weighted by atomic mass is 10.1. The maximum Gasteiger partial charge on any atom is 0.408 e. The number of halogens is 2. The fourth-order valence-corrected chi connectivity index (χ4v) is 4.47. The van der Waals surface area contributed by atoms with Crippen LogP contribution in [0.2, 0.25) is 0 Å². The maximum absolute atomic E-state index is 15.0. The molecule has 0 aliphatic rings. The van der Waals surface area contributed by atoms with Gasteiger partial charge >= 0.3 is 6.09 Å². The zero-order chi connectivity index (χ0) is 33.8. The number of carbonyl (C=O) groups excluding carboxylic acids is 2. The highest BCUT2D eigenvalue weighted by molar-refractivity contribution is 6.21. The molecule has 0 saturated carbocycles. The van der Waals surface area contributed by atoms with E-state index in [0.717, 1.165) is 6.21 Å². The summed E-state index contributed by atoms with van der Waals surface area (Å²) >= 11 is 0. The lowest BCUT2D eigenvalue weighted by Gasteiger charge is -2.29. The fourth-order valence-electron chi connectivity index (χ4n) is 4.47. The smallest absolute Gasteiger partial charge is 0.408 e. The Morgan fingerprint density at radius 2 is 1.70 bits per heavy atom. The van der Waals surface area contributed by atoms with Gasteiger partial charge in [0.1, 0.15) is 23.0 Å². The normalized spacial score (nSPS) is 12.3. The number of allylic oxidation sites excluding steroid dienone is 1. The topological polar surface area (TPSA) is 154 Å². The van der Waals surface area contributed by atoms with Gasteiger partial charge in [0.2, 0.25) is 5.78 Å². The standard InChI is InChI=1S/C34H38F2N6O4/c1-19-13-21(45-29-10-8-7-9-23(29)35)11-12-25(19)41-31(38)22(17-37)30(43)28-15-20-14-24(36)27(16-26(20)40-28)39-18-34(5,6)42-32(44)46-33(2,3)4/h7-17,37,39-41H,18,38H2,1-6H3,(H,42,44)/b31-22+,37-17?. The third kappa shape index (κ3) is 8.40. The molecule has 1 heterocycles. The SMILES string of the molecule is Cc1cc(Oc2ccccc2F)ccc1N/C(N)=C(\C=N)C(=O)c1cc2cc(F)c(NCC(C)(C)NC(=O)OC(C)(C)C)cc2[nH]1.